The lowest BCUT2D eigenvalue weighted by atomic mass is 10.0. The third-order valence-electron chi connectivity index (χ3n) is 5.47. The largest absolute Gasteiger partial charge is 0.424 e. The average molecular weight is 429 g/mol. The standard InChI is InChI=1S/C26H37FN2O2/c1-3-5-6-7-8-9-10-11-12-13-14-21-19-28-25(29-20-21)22-15-17-23(18-16-22)31-26(30)24(27)4-2/h15-20,24H,3-14H2,1-2H3. The fourth-order valence-corrected chi connectivity index (χ4v) is 3.47. The maximum atomic E-state index is 13.3. The van der Waals surface area contributed by atoms with Gasteiger partial charge in [0.2, 0.25) is 0 Å². The second-order valence-corrected chi connectivity index (χ2v) is 8.17. The first-order valence-corrected chi connectivity index (χ1v) is 11.9. The number of nitrogens with zero attached hydrogens (tertiary/aromatic N) is 2. The first-order valence-electron chi connectivity index (χ1n) is 11.9. The molecule has 2 aromatic rings. The summed E-state index contributed by atoms with van der Waals surface area (Å²) in [6.45, 7) is 3.86. The summed E-state index contributed by atoms with van der Waals surface area (Å²) in [5.74, 6) is 0.0897. The second-order valence-electron chi connectivity index (χ2n) is 8.17. The maximum Gasteiger partial charge on any atom is 0.346 e. The molecule has 0 saturated carbocycles. The van der Waals surface area contributed by atoms with Crippen molar-refractivity contribution in [2.75, 3.05) is 0 Å². The van der Waals surface area contributed by atoms with Crippen LogP contribution in [0.15, 0.2) is 36.7 Å². The number of aromatic nitrogens is 2. The summed E-state index contributed by atoms with van der Waals surface area (Å²) in [5.41, 5.74) is 1.99. The van der Waals surface area contributed by atoms with E-state index >= 15 is 0 Å². The normalized spacial score (nSPS) is 12.0. The molecule has 0 radical (unpaired) electrons. The fraction of sp³-hybridized carbons (Fsp3) is 0.577. The van der Waals surface area contributed by atoms with E-state index in [4.69, 9.17) is 4.74 Å². The zero-order valence-corrected chi connectivity index (χ0v) is 19.1. The minimum absolute atomic E-state index is 0.107. The van der Waals surface area contributed by atoms with Crippen LogP contribution in [0.25, 0.3) is 11.4 Å². The van der Waals surface area contributed by atoms with Gasteiger partial charge in [-0.3, -0.25) is 0 Å². The van der Waals surface area contributed by atoms with Crippen molar-refractivity contribution < 1.29 is 13.9 Å². The van der Waals surface area contributed by atoms with Gasteiger partial charge in [0.1, 0.15) is 5.75 Å². The van der Waals surface area contributed by atoms with E-state index in [0.29, 0.717) is 11.6 Å². The van der Waals surface area contributed by atoms with Gasteiger partial charge < -0.3 is 4.74 Å². The van der Waals surface area contributed by atoms with Crippen LogP contribution in [0.1, 0.15) is 90.0 Å². The number of rotatable bonds is 15. The Bertz CT molecular complexity index is 747. The molecule has 0 aliphatic heterocycles. The van der Waals surface area contributed by atoms with Crippen LogP contribution in [-0.4, -0.2) is 22.1 Å². The van der Waals surface area contributed by atoms with Crippen LogP contribution in [0.3, 0.4) is 0 Å². The van der Waals surface area contributed by atoms with E-state index in [1.54, 1.807) is 31.2 Å². The highest BCUT2D eigenvalue weighted by molar-refractivity contribution is 5.77. The molecule has 1 atom stereocenters. The molecule has 31 heavy (non-hydrogen) atoms. The van der Waals surface area contributed by atoms with Crippen LogP contribution in [-0.2, 0) is 11.2 Å². The van der Waals surface area contributed by atoms with E-state index in [2.05, 4.69) is 16.9 Å². The van der Waals surface area contributed by atoms with E-state index in [0.717, 1.165) is 17.5 Å². The molecule has 0 bridgehead atoms. The van der Waals surface area contributed by atoms with Gasteiger partial charge in [0.05, 0.1) is 0 Å². The lowest BCUT2D eigenvalue weighted by molar-refractivity contribution is -0.140. The lowest BCUT2D eigenvalue weighted by Gasteiger charge is -2.07. The summed E-state index contributed by atoms with van der Waals surface area (Å²) >= 11 is 0. The molecule has 0 amide bonds. The van der Waals surface area contributed by atoms with Crippen LogP contribution in [0, 0.1) is 0 Å². The van der Waals surface area contributed by atoms with Gasteiger partial charge >= 0.3 is 5.97 Å². The Kier molecular flexibility index (Phi) is 11.8. The number of hydrogen-bond donors (Lipinski definition) is 0. The molecule has 1 unspecified atom stereocenters. The van der Waals surface area contributed by atoms with E-state index < -0.39 is 12.1 Å². The van der Waals surface area contributed by atoms with Crippen LogP contribution in [0.5, 0.6) is 5.75 Å². The van der Waals surface area contributed by atoms with Crippen LogP contribution < -0.4 is 4.74 Å². The van der Waals surface area contributed by atoms with Gasteiger partial charge in [-0.1, -0.05) is 71.6 Å². The number of carbonyl (C=O) groups excluding carboxylic acids is 1. The molecule has 0 fully saturated rings. The van der Waals surface area contributed by atoms with Crippen molar-refractivity contribution >= 4 is 5.97 Å². The molecule has 2 rings (SSSR count). The van der Waals surface area contributed by atoms with Crippen LogP contribution >= 0.6 is 0 Å². The number of unbranched alkanes of at least 4 members (excludes halogenated alkanes) is 9. The zero-order valence-electron chi connectivity index (χ0n) is 19.1. The molecule has 0 saturated heterocycles. The van der Waals surface area contributed by atoms with E-state index in [-0.39, 0.29) is 6.42 Å². The van der Waals surface area contributed by atoms with Gasteiger partial charge in [-0.2, -0.15) is 0 Å². The van der Waals surface area contributed by atoms with Gasteiger partial charge in [0, 0.05) is 18.0 Å². The number of ether oxygens (including phenoxy) is 1. The quantitative estimate of drug-likeness (QED) is 0.170. The molecule has 5 heteroatoms. The third kappa shape index (κ3) is 9.58. The smallest absolute Gasteiger partial charge is 0.346 e. The van der Waals surface area contributed by atoms with Crippen LogP contribution in [0.4, 0.5) is 4.39 Å². The zero-order chi connectivity index (χ0) is 22.3. The van der Waals surface area contributed by atoms with Crippen molar-refractivity contribution in [1.82, 2.24) is 9.97 Å². The molecule has 0 N–H and O–H groups in total. The second kappa shape index (κ2) is 14.7. The average Bonchev–Trinajstić information content (AvgIpc) is 2.80. The Morgan fingerprint density at radius 2 is 1.42 bits per heavy atom. The van der Waals surface area contributed by atoms with E-state index in [9.17, 15) is 9.18 Å². The number of aryl methyl sites for hydroxylation is 1. The Hall–Kier alpha value is -2.30. The minimum Gasteiger partial charge on any atom is -0.424 e. The molecule has 0 aliphatic carbocycles. The SMILES string of the molecule is CCCCCCCCCCCCc1cnc(-c2ccc(OC(=O)C(F)CC)cc2)nc1. The summed E-state index contributed by atoms with van der Waals surface area (Å²) in [5, 5.41) is 0. The maximum absolute atomic E-state index is 13.3. The molecular formula is C26H37FN2O2. The Labute approximate surface area is 186 Å². The number of benzene rings is 1. The first kappa shape index (κ1) is 25.0. The molecule has 0 aliphatic rings. The summed E-state index contributed by atoms with van der Waals surface area (Å²) in [4.78, 5) is 20.5. The highest BCUT2D eigenvalue weighted by Gasteiger charge is 2.17. The summed E-state index contributed by atoms with van der Waals surface area (Å²) < 4.78 is 18.3. The van der Waals surface area contributed by atoms with Crippen LogP contribution in [0.2, 0.25) is 0 Å². The van der Waals surface area contributed by atoms with Gasteiger partial charge in [0.25, 0.3) is 0 Å². The number of alkyl halides is 1. The van der Waals surface area contributed by atoms with Crippen molar-refractivity contribution in [2.24, 2.45) is 0 Å². The third-order valence-corrected chi connectivity index (χ3v) is 5.47. The minimum atomic E-state index is -1.59. The Morgan fingerprint density at radius 1 is 0.871 bits per heavy atom. The lowest BCUT2D eigenvalue weighted by Crippen LogP contribution is -2.20. The fourth-order valence-electron chi connectivity index (χ4n) is 3.47. The van der Waals surface area contributed by atoms with Crippen molar-refractivity contribution in [3.8, 4) is 17.1 Å². The highest BCUT2D eigenvalue weighted by Crippen LogP contribution is 2.20. The van der Waals surface area contributed by atoms with Crippen molar-refractivity contribution in [2.45, 2.75) is 97.1 Å². The Morgan fingerprint density at radius 3 is 1.97 bits per heavy atom. The van der Waals surface area contributed by atoms with E-state index in [1.807, 2.05) is 12.4 Å². The van der Waals surface area contributed by atoms with Crippen molar-refractivity contribution in [3.05, 3.63) is 42.2 Å². The summed E-state index contributed by atoms with van der Waals surface area (Å²) in [6.07, 6.45) is 16.6. The van der Waals surface area contributed by atoms with Gasteiger partial charge in [-0.15, -0.1) is 0 Å². The van der Waals surface area contributed by atoms with Crippen molar-refractivity contribution in [3.63, 3.8) is 0 Å². The number of hydrogen-bond acceptors (Lipinski definition) is 4. The van der Waals surface area contributed by atoms with Gasteiger partial charge in [-0.05, 0) is 49.1 Å². The van der Waals surface area contributed by atoms with E-state index in [1.165, 1.54) is 64.2 Å². The molecule has 1 aromatic carbocycles. The first-order chi connectivity index (χ1) is 15.1. The highest BCUT2D eigenvalue weighted by atomic mass is 19.1. The monoisotopic (exact) mass is 428 g/mol. The molecule has 0 spiro atoms. The van der Waals surface area contributed by atoms with Gasteiger partial charge in [0.15, 0.2) is 12.0 Å². The predicted molar refractivity (Wildman–Crippen MR) is 124 cm³/mol. The summed E-state index contributed by atoms with van der Waals surface area (Å²) in [7, 11) is 0. The number of carbonyl (C=O) groups is 1. The predicted octanol–water partition coefficient (Wildman–Crippen LogP) is 7.26. The molecular weight excluding hydrogens is 391 g/mol. The molecule has 170 valence electrons. The topological polar surface area (TPSA) is 52.1 Å². The number of esters is 1. The number of halogens is 1. The summed E-state index contributed by atoms with van der Waals surface area (Å²) in [6, 6.07) is 6.82. The molecule has 1 aromatic heterocycles. The van der Waals surface area contributed by atoms with Crippen molar-refractivity contribution in [1.29, 1.82) is 0 Å². The Balaban J connectivity index is 1.68. The molecule has 1 heterocycles. The molecule has 4 nitrogen and oxygen atoms in total. The van der Waals surface area contributed by atoms with Gasteiger partial charge in [-0.25, -0.2) is 19.2 Å².